The molecule has 1 aromatic carbocycles. The Labute approximate surface area is 226 Å². The molecule has 2 aromatic heterocycles. The summed E-state index contributed by atoms with van der Waals surface area (Å²) in [6.07, 6.45) is 3.39. The van der Waals surface area contributed by atoms with Gasteiger partial charge >= 0.3 is 6.09 Å². The van der Waals surface area contributed by atoms with E-state index in [9.17, 15) is 9.59 Å². The van der Waals surface area contributed by atoms with Crippen LogP contribution in [0.5, 0.6) is 5.75 Å². The Balaban J connectivity index is 1.71. The third-order valence-corrected chi connectivity index (χ3v) is 6.17. The van der Waals surface area contributed by atoms with Crippen LogP contribution in [0, 0.1) is 5.92 Å². The summed E-state index contributed by atoms with van der Waals surface area (Å²) in [5.41, 5.74) is 0.406. The van der Waals surface area contributed by atoms with Crippen LogP contribution in [0.25, 0.3) is 11.1 Å². The van der Waals surface area contributed by atoms with Crippen molar-refractivity contribution in [2.45, 2.75) is 59.1 Å². The normalized spacial score (nSPS) is 13.1. The summed E-state index contributed by atoms with van der Waals surface area (Å²) in [7, 11) is 0. The fraction of sp³-hybridized carbons (Fsp3) is 0.407. The molecule has 0 saturated carbocycles. The van der Waals surface area contributed by atoms with E-state index in [2.05, 4.69) is 34.4 Å². The van der Waals surface area contributed by atoms with E-state index in [0.29, 0.717) is 33.9 Å². The monoisotopic (exact) mass is 544 g/mol. The van der Waals surface area contributed by atoms with Crippen molar-refractivity contribution in [3.63, 3.8) is 0 Å². The number of amides is 2. The van der Waals surface area contributed by atoms with E-state index < -0.39 is 17.2 Å². The Morgan fingerprint density at radius 2 is 1.78 bits per heavy atom. The molecule has 2 heterocycles. The predicted molar refractivity (Wildman–Crippen MR) is 147 cm³/mol. The average molecular weight is 545 g/mol. The topological polar surface area (TPSA) is 102 Å². The molecule has 198 valence electrons. The van der Waals surface area contributed by atoms with Gasteiger partial charge in [-0.15, -0.1) is 11.3 Å². The molecule has 37 heavy (non-hydrogen) atoms. The van der Waals surface area contributed by atoms with E-state index in [1.54, 1.807) is 36.0 Å². The number of nitrogens with zero attached hydrogens (tertiary/aromatic N) is 2. The SMILES string of the molecule is CC(C)CC(C)(COc1ccc(-c2ccnc(NC(=O)c3nccs3)c2)cc1Cl)NC(=O)OC(C)(C)C. The van der Waals surface area contributed by atoms with Crippen LogP contribution in [-0.4, -0.2) is 39.7 Å². The van der Waals surface area contributed by atoms with Gasteiger partial charge in [0.25, 0.3) is 5.91 Å². The number of carbonyl (C=O) groups is 2. The summed E-state index contributed by atoms with van der Waals surface area (Å²) in [4.78, 5) is 33.0. The number of halogens is 1. The minimum Gasteiger partial charge on any atom is -0.490 e. The van der Waals surface area contributed by atoms with Crippen molar-refractivity contribution in [2.75, 3.05) is 11.9 Å². The number of carbonyl (C=O) groups excluding carboxylic acids is 2. The molecule has 0 aliphatic heterocycles. The highest BCUT2D eigenvalue weighted by Gasteiger charge is 2.31. The smallest absolute Gasteiger partial charge is 0.408 e. The number of ether oxygens (including phenoxy) is 2. The molecular weight excluding hydrogens is 512 g/mol. The van der Waals surface area contributed by atoms with Crippen LogP contribution in [0.3, 0.4) is 0 Å². The van der Waals surface area contributed by atoms with Gasteiger partial charge in [-0.25, -0.2) is 14.8 Å². The quantitative estimate of drug-likeness (QED) is 0.306. The van der Waals surface area contributed by atoms with Crippen LogP contribution in [0.2, 0.25) is 5.02 Å². The third kappa shape index (κ3) is 8.72. The van der Waals surface area contributed by atoms with E-state index in [1.807, 2.05) is 39.8 Å². The minimum atomic E-state index is -0.659. The number of hydrogen-bond donors (Lipinski definition) is 2. The average Bonchev–Trinajstić information content (AvgIpc) is 3.31. The van der Waals surface area contributed by atoms with Crippen molar-refractivity contribution in [3.8, 4) is 16.9 Å². The molecule has 2 N–H and O–H groups in total. The van der Waals surface area contributed by atoms with Crippen molar-refractivity contribution in [2.24, 2.45) is 5.92 Å². The molecule has 8 nitrogen and oxygen atoms in total. The molecule has 0 aliphatic rings. The van der Waals surface area contributed by atoms with Gasteiger partial charge in [0.1, 0.15) is 23.8 Å². The number of pyridine rings is 1. The number of rotatable bonds is 9. The lowest BCUT2D eigenvalue weighted by Gasteiger charge is -2.33. The zero-order chi connectivity index (χ0) is 27.2. The first kappa shape index (κ1) is 28.4. The molecule has 0 fully saturated rings. The van der Waals surface area contributed by atoms with Crippen LogP contribution in [0.1, 0.15) is 57.8 Å². The number of hydrogen-bond acceptors (Lipinski definition) is 7. The van der Waals surface area contributed by atoms with Crippen molar-refractivity contribution in [1.82, 2.24) is 15.3 Å². The van der Waals surface area contributed by atoms with Gasteiger partial charge in [-0.2, -0.15) is 0 Å². The minimum absolute atomic E-state index is 0.214. The van der Waals surface area contributed by atoms with E-state index in [-0.39, 0.29) is 12.5 Å². The van der Waals surface area contributed by atoms with E-state index in [4.69, 9.17) is 21.1 Å². The molecule has 0 radical (unpaired) electrons. The fourth-order valence-electron chi connectivity index (χ4n) is 3.82. The molecule has 0 aliphatic carbocycles. The summed E-state index contributed by atoms with van der Waals surface area (Å²) in [6.45, 7) is 11.8. The third-order valence-electron chi connectivity index (χ3n) is 5.10. The van der Waals surface area contributed by atoms with Gasteiger partial charge in [0.2, 0.25) is 0 Å². The molecule has 0 saturated heterocycles. The van der Waals surface area contributed by atoms with Crippen molar-refractivity contribution in [3.05, 3.63) is 58.1 Å². The van der Waals surface area contributed by atoms with Crippen molar-refractivity contribution >= 4 is 40.8 Å². The highest BCUT2D eigenvalue weighted by Crippen LogP contribution is 2.32. The first-order valence-corrected chi connectivity index (χ1v) is 13.2. The molecule has 3 aromatic rings. The first-order chi connectivity index (χ1) is 17.3. The van der Waals surface area contributed by atoms with Gasteiger partial charge in [-0.05, 0) is 75.4 Å². The number of thiazole rings is 1. The number of aromatic nitrogens is 2. The van der Waals surface area contributed by atoms with Crippen LogP contribution in [0.15, 0.2) is 48.1 Å². The van der Waals surface area contributed by atoms with Gasteiger partial charge in [-0.3, -0.25) is 4.79 Å². The lowest BCUT2D eigenvalue weighted by molar-refractivity contribution is 0.0408. The maximum absolute atomic E-state index is 12.4. The van der Waals surface area contributed by atoms with Gasteiger partial charge in [0.05, 0.1) is 10.6 Å². The van der Waals surface area contributed by atoms with Crippen molar-refractivity contribution < 1.29 is 19.1 Å². The molecule has 3 rings (SSSR count). The maximum atomic E-state index is 12.4. The number of anilines is 1. The fourth-order valence-corrected chi connectivity index (χ4v) is 4.58. The Bertz CT molecular complexity index is 1230. The summed E-state index contributed by atoms with van der Waals surface area (Å²) >= 11 is 7.83. The molecule has 0 bridgehead atoms. The maximum Gasteiger partial charge on any atom is 0.408 e. The van der Waals surface area contributed by atoms with Gasteiger partial charge in [0.15, 0.2) is 5.01 Å². The Morgan fingerprint density at radius 1 is 1.05 bits per heavy atom. The lowest BCUT2D eigenvalue weighted by Crippen LogP contribution is -2.52. The highest BCUT2D eigenvalue weighted by atomic mass is 35.5. The largest absolute Gasteiger partial charge is 0.490 e. The predicted octanol–water partition coefficient (Wildman–Crippen LogP) is 6.82. The lowest BCUT2D eigenvalue weighted by atomic mass is 9.91. The van der Waals surface area contributed by atoms with Gasteiger partial charge < -0.3 is 20.1 Å². The second kappa shape index (κ2) is 11.9. The van der Waals surface area contributed by atoms with Crippen LogP contribution >= 0.6 is 22.9 Å². The zero-order valence-electron chi connectivity index (χ0n) is 21.9. The van der Waals surface area contributed by atoms with Crippen LogP contribution < -0.4 is 15.4 Å². The van der Waals surface area contributed by atoms with E-state index >= 15 is 0 Å². The zero-order valence-corrected chi connectivity index (χ0v) is 23.5. The number of alkyl carbamates (subject to hydrolysis) is 1. The summed E-state index contributed by atoms with van der Waals surface area (Å²) in [5, 5.41) is 8.25. The Kier molecular flexibility index (Phi) is 9.15. The second-order valence-electron chi connectivity index (χ2n) is 10.4. The summed E-state index contributed by atoms with van der Waals surface area (Å²) in [6, 6.07) is 9.05. The summed E-state index contributed by atoms with van der Waals surface area (Å²) < 4.78 is 11.5. The van der Waals surface area contributed by atoms with Crippen LogP contribution in [-0.2, 0) is 4.74 Å². The standard InChI is InChI=1S/C27H33ClN4O4S/c1-17(2)15-27(6,32-25(34)36-26(3,4)5)16-35-21-8-7-18(13-20(21)28)19-9-10-29-22(14-19)31-23(33)24-30-11-12-37-24/h7-14,17H,15-16H2,1-6H3,(H,32,34)(H,29,31,33). The summed E-state index contributed by atoms with van der Waals surface area (Å²) in [5.74, 6) is 0.911. The Morgan fingerprint density at radius 3 is 2.41 bits per heavy atom. The van der Waals surface area contributed by atoms with Gasteiger partial charge in [-0.1, -0.05) is 31.5 Å². The van der Waals surface area contributed by atoms with Gasteiger partial charge in [0, 0.05) is 17.8 Å². The Hall–Kier alpha value is -3.17. The second-order valence-corrected chi connectivity index (χ2v) is 11.7. The molecule has 0 spiro atoms. The molecule has 1 unspecified atom stereocenters. The number of benzene rings is 1. The number of nitrogens with one attached hydrogen (secondary N) is 2. The van der Waals surface area contributed by atoms with E-state index in [1.165, 1.54) is 11.3 Å². The highest BCUT2D eigenvalue weighted by molar-refractivity contribution is 7.11. The van der Waals surface area contributed by atoms with Crippen LogP contribution in [0.4, 0.5) is 10.6 Å². The first-order valence-electron chi connectivity index (χ1n) is 11.9. The molecule has 2 amide bonds. The molecule has 10 heteroatoms. The molecular formula is C27H33ClN4O4S. The van der Waals surface area contributed by atoms with Crippen molar-refractivity contribution in [1.29, 1.82) is 0 Å². The molecule has 1 atom stereocenters. The van der Waals surface area contributed by atoms with E-state index in [0.717, 1.165) is 11.1 Å².